The summed E-state index contributed by atoms with van der Waals surface area (Å²) >= 11 is 0. The first-order valence-electron chi connectivity index (χ1n) is 6.56. The van der Waals surface area contributed by atoms with Gasteiger partial charge in [-0.25, -0.2) is 4.98 Å². The molecule has 0 aliphatic rings. The summed E-state index contributed by atoms with van der Waals surface area (Å²) in [4.78, 5) is 4.43. The van der Waals surface area contributed by atoms with Gasteiger partial charge in [0.05, 0.1) is 25.9 Å². The van der Waals surface area contributed by atoms with E-state index in [4.69, 9.17) is 28.8 Å². The van der Waals surface area contributed by atoms with Crippen molar-refractivity contribution in [2.75, 3.05) is 20.8 Å². The van der Waals surface area contributed by atoms with Crippen molar-refractivity contribution in [3.63, 3.8) is 0 Å². The predicted octanol–water partition coefficient (Wildman–Crippen LogP) is 1.69. The molecule has 0 fully saturated rings. The summed E-state index contributed by atoms with van der Waals surface area (Å²) in [7, 11) is 3.05. The number of benzene rings is 1. The number of rotatable bonds is 5. The number of methoxy groups -OCH3 is 2. The van der Waals surface area contributed by atoms with Crippen molar-refractivity contribution in [3.8, 4) is 17.2 Å². The van der Waals surface area contributed by atoms with Crippen LogP contribution in [0.4, 0.5) is 0 Å². The normalized spacial score (nSPS) is 11.3. The third-order valence-corrected chi connectivity index (χ3v) is 3.24. The highest BCUT2D eigenvalue weighted by molar-refractivity contribution is 6.02. The van der Waals surface area contributed by atoms with Gasteiger partial charge in [-0.15, -0.1) is 0 Å². The van der Waals surface area contributed by atoms with Crippen LogP contribution in [0.25, 0.3) is 22.0 Å². The number of hydrogen-bond donors (Lipinski definition) is 2. The van der Waals surface area contributed by atoms with Crippen LogP contribution in [0.3, 0.4) is 0 Å². The zero-order valence-electron chi connectivity index (χ0n) is 12.1. The van der Waals surface area contributed by atoms with Gasteiger partial charge in [0.25, 0.3) is 0 Å². The van der Waals surface area contributed by atoms with Crippen LogP contribution in [0.5, 0.6) is 17.2 Å². The second-order valence-electron chi connectivity index (χ2n) is 4.57. The van der Waals surface area contributed by atoms with Gasteiger partial charge in [0.1, 0.15) is 17.9 Å². The molecule has 2 heterocycles. The van der Waals surface area contributed by atoms with E-state index in [9.17, 15) is 0 Å². The number of furan rings is 1. The second-order valence-corrected chi connectivity index (χ2v) is 4.57. The second kappa shape index (κ2) is 5.70. The lowest BCUT2D eigenvalue weighted by Gasteiger charge is -2.14. The molecule has 0 aliphatic carbocycles. The predicted molar refractivity (Wildman–Crippen MR) is 78.3 cm³/mol. The molecular formula is C15H15NO6. The van der Waals surface area contributed by atoms with Crippen molar-refractivity contribution >= 4 is 22.0 Å². The van der Waals surface area contributed by atoms with Gasteiger partial charge >= 0.3 is 0 Å². The zero-order valence-corrected chi connectivity index (χ0v) is 12.1. The molecule has 3 aromatic rings. The first-order valence-corrected chi connectivity index (χ1v) is 6.56. The highest BCUT2D eigenvalue weighted by atomic mass is 16.6. The zero-order chi connectivity index (χ0) is 15.7. The minimum Gasteiger partial charge on any atom is -0.495 e. The fourth-order valence-electron chi connectivity index (χ4n) is 2.35. The molecule has 3 rings (SSSR count). The number of fused-ring (bicyclic) bond motifs is 2. The standard InChI is InChI=1S/C15H15NO6/c1-19-13-8-3-4-10(22-7-11(17)18)14(20-2)12(8)16-15-9(13)5-6-21-15/h3-6,11,17-18H,7H2,1-2H3. The summed E-state index contributed by atoms with van der Waals surface area (Å²) in [6.07, 6.45) is -0.0408. The Bertz CT molecular complexity index is 810. The van der Waals surface area contributed by atoms with Gasteiger partial charge < -0.3 is 28.8 Å². The van der Waals surface area contributed by atoms with Gasteiger partial charge in [-0.1, -0.05) is 0 Å². The lowest BCUT2D eigenvalue weighted by Crippen LogP contribution is -2.16. The summed E-state index contributed by atoms with van der Waals surface area (Å²) in [5.41, 5.74) is 0.925. The fraction of sp³-hybridized carbons (Fsp3) is 0.267. The molecule has 0 atom stereocenters. The van der Waals surface area contributed by atoms with Crippen LogP contribution in [0.1, 0.15) is 0 Å². The average Bonchev–Trinajstić information content (AvgIpc) is 2.97. The molecule has 0 saturated heterocycles. The highest BCUT2D eigenvalue weighted by Crippen LogP contribution is 2.41. The molecule has 1 aromatic carbocycles. The lowest BCUT2D eigenvalue weighted by molar-refractivity contribution is -0.0683. The molecule has 0 aliphatic heterocycles. The molecule has 0 bridgehead atoms. The maximum Gasteiger partial charge on any atom is 0.230 e. The molecule has 0 amide bonds. The van der Waals surface area contributed by atoms with Crippen molar-refractivity contribution in [2.45, 2.75) is 6.29 Å². The van der Waals surface area contributed by atoms with Crippen LogP contribution in [0.2, 0.25) is 0 Å². The summed E-state index contributed by atoms with van der Waals surface area (Å²) in [6, 6.07) is 5.22. The Morgan fingerprint density at radius 1 is 1.09 bits per heavy atom. The number of aliphatic hydroxyl groups excluding tert-OH is 1. The quantitative estimate of drug-likeness (QED) is 0.693. The Morgan fingerprint density at radius 2 is 1.86 bits per heavy atom. The van der Waals surface area contributed by atoms with E-state index in [1.54, 1.807) is 25.3 Å². The average molecular weight is 305 g/mol. The van der Waals surface area contributed by atoms with E-state index in [0.717, 1.165) is 10.8 Å². The molecule has 116 valence electrons. The molecule has 0 unspecified atom stereocenters. The molecular weight excluding hydrogens is 290 g/mol. The van der Waals surface area contributed by atoms with Gasteiger partial charge in [0.2, 0.25) is 5.71 Å². The number of aromatic nitrogens is 1. The van der Waals surface area contributed by atoms with Gasteiger partial charge in [0.15, 0.2) is 17.8 Å². The van der Waals surface area contributed by atoms with Gasteiger partial charge in [-0.3, -0.25) is 0 Å². The fourth-order valence-corrected chi connectivity index (χ4v) is 2.35. The third-order valence-electron chi connectivity index (χ3n) is 3.24. The van der Waals surface area contributed by atoms with E-state index in [1.165, 1.54) is 13.4 Å². The summed E-state index contributed by atoms with van der Waals surface area (Å²) in [5, 5.41) is 19.4. The minimum atomic E-state index is -1.57. The topological polar surface area (TPSA) is 94.2 Å². The summed E-state index contributed by atoms with van der Waals surface area (Å²) in [6.45, 7) is -0.276. The first kappa shape index (κ1) is 14.4. The Labute approximate surface area is 125 Å². The number of pyridine rings is 1. The van der Waals surface area contributed by atoms with Gasteiger partial charge in [0, 0.05) is 5.39 Å². The molecule has 2 aromatic heterocycles. The molecule has 2 N–H and O–H groups in total. The Balaban J connectivity index is 2.24. The molecule has 0 spiro atoms. The van der Waals surface area contributed by atoms with E-state index >= 15 is 0 Å². The minimum absolute atomic E-state index is 0.276. The molecule has 7 nitrogen and oxygen atoms in total. The van der Waals surface area contributed by atoms with Crippen LogP contribution < -0.4 is 14.2 Å². The van der Waals surface area contributed by atoms with Crippen LogP contribution in [-0.2, 0) is 0 Å². The summed E-state index contributed by atoms with van der Waals surface area (Å²) in [5.74, 6) is 1.35. The van der Waals surface area contributed by atoms with E-state index in [1.807, 2.05) is 0 Å². The van der Waals surface area contributed by atoms with E-state index in [0.29, 0.717) is 28.5 Å². The number of hydrogen-bond acceptors (Lipinski definition) is 7. The molecule has 0 saturated carbocycles. The van der Waals surface area contributed by atoms with Gasteiger partial charge in [-0.05, 0) is 18.2 Å². The number of ether oxygens (including phenoxy) is 3. The smallest absolute Gasteiger partial charge is 0.230 e. The highest BCUT2D eigenvalue weighted by Gasteiger charge is 2.18. The van der Waals surface area contributed by atoms with Crippen LogP contribution in [0.15, 0.2) is 28.9 Å². The van der Waals surface area contributed by atoms with E-state index in [2.05, 4.69) is 4.98 Å². The number of aliphatic hydroxyl groups is 2. The van der Waals surface area contributed by atoms with Crippen molar-refractivity contribution in [2.24, 2.45) is 0 Å². The van der Waals surface area contributed by atoms with Crippen molar-refractivity contribution in [1.29, 1.82) is 0 Å². The molecule has 7 heteroatoms. The molecule has 22 heavy (non-hydrogen) atoms. The van der Waals surface area contributed by atoms with Crippen LogP contribution in [0, 0.1) is 0 Å². The van der Waals surface area contributed by atoms with Crippen LogP contribution in [-0.4, -0.2) is 42.3 Å². The maximum absolute atomic E-state index is 8.93. The summed E-state index contributed by atoms with van der Waals surface area (Å²) < 4.78 is 21.5. The van der Waals surface area contributed by atoms with E-state index < -0.39 is 6.29 Å². The van der Waals surface area contributed by atoms with E-state index in [-0.39, 0.29) is 6.61 Å². The maximum atomic E-state index is 8.93. The number of nitrogens with zero attached hydrogens (tertiary/aromatic N) is 1. The monoisotopic (exact) mass is 305 g/mol. The van der Waals surface area contributed by atoms with Crippen molar-refractivity contribution in [3.05, 3.63) is 24.5 Å². The van der Waals surface area contributed by atoms with Crippen molar-refractivity contribution in [1.82, 2.24) is 4.98 Å². The van der Waals surface area contributed by atoms with Crippen molar-refractivity contribution < 1.29 is 28.8 Å². The van der Waals surface area contributed by atoms with Gasteiger partial charge in [-0.2, -0.15) is 0 Å². The lowest BCUT2D eigenvalue weighted by atomic mass is 10.1. The SMILES string of the molecule is COc1c2ccoc2nc2c(OC)c(OCC(O)O)ccc12. The Morgan fingerprint density at radius 3 is 2.55 bits per heavy atom. The first-order chi connectivity index (χ1) is 10.7. The Hall–Kier alpha value is -2.51. The molecule has 0 radical (unpaired) electrons. The third kappa shape index (κ3) is 2.30. The van der Waals surface area contributed by atoms with Crippen LogP contribution >= 0.6 is 0 Å². The largest absolute Gasteiger partial charge is 0.495 e. The Kier molecular flexibility index (Phi) is 3.74.